The van der Waals surface area contributed by atoms with E-state index in [1.165, 1.54) is 6.33 Å². The number of H-pyrrole nitrogens is 1. The summed E-state index contributed by atoms with van der Waals surface area (Å²) < 4.78 is 0. The molecule has 1 aliphatic heterocycles. The zero-order chi connectivity index (χ0) is 36.0. The van der Waals surface area contributed by atoms with Gasteiger partial charge < -0.3 is 41.8 Å². The predicted molar refractivity (Wildman–Crippen MR) is 193 cm³/mol. The Morgan fingerprint density at radius 3 is 2.27 bits per heavy atom. The fraction of sp³-hybridized carbons (Fsp3) is 0.553. The van der Waals surface area contributed by atoms with E-state index in [2.05, 4.69) is 30.9 Å². The van der Waals surface area contributed by atoms with Crippen molar-refractivity contribution in [3.05, 3.63) is 84.2 Å². The van der Waals surface area contributed by atoms with Crippen LogP contribution >= 0.6 is 0 Å². The molecule has 2 aliphatic rings. The summed E-state index contributed by atoms with van der Waals surface area (Å²) in [5, 5.41) is 31.5. The van der Waals surface area contributed by atoms with Gasteiger partial charge in [-0.25, -0.2) is 9.78 Å². The molecule has 0 bridgehead atoms. The number of aliphatic hydroxyl groups is 2. The number of likely N-dealkylation sites (tertiary alicyclic amines) is 1. The Bertz CT molecular complexity index is 1480. The van der Waals surface area contributed by atoms with Gasteiger partial charge in [-0.3, -0.25) is 14.6 Å². The molecule has 13 nitrogen and oxygen atoms in total. The average molecular weight is 703 g/mol. The first-order valence-corrected chi connectivity index (χ1v) is 18.4. The Labute approximate surface area is 300 Å². The van der Waals surface area contributed by atoms with Gasteiger partial charge >= 0.3 is 6.03 Å². The number of hydrogen-bond acceptors (Lipinski definition) is 8. The molecule has 1 aliphatic carbocycles. The first-order valence-electron chi connectivity index (χ1n) is 18.4. The Morgan fingerprint density at radius 1 is 0.882 bits per heavy atom. The largest absolute Gasteiger partial charge is 0.390 e. The molecule has 5 atom stereocenters. The molecular formula is C38H54N8O5. The maximum Gasteiger partial charge on any atom is 0.318 e. The zero-order valence-corrected chi connectivity index (χ0v) is 29.3. The second-order valence-corrected chi connectivity index (χ2v) is 14.1. The molecule has 1 saturated carbocycles. The minimum Gasteiger partial charge on any atom is -0.390 e. The first-order chi connectivity index (χ1) is 24.7. The number of nitrogens with one attached hydrogen (secondary N) is 4. The third kappa shape index (κ3) is 11.9. The summed E-state index contributed by atoms with van der Waals surface area (Å²) in [5.74, 6) is -0.720. The summed E-state index contributed by atoms with van der Waals surface area (Å²) in [4.78, 5) is 54.7. The number of aromatic amines is 1. The number of aryl methyl sites for hydroxylation is 1. The highest BCUT2D eigenvalue weighted by Crippen LogP contribution is 2.29. The van der Waals surface area contributed by atoms with Crippen LogP contribution in [0.3, 0.4) is 0 Å². The summed E-state index contributed by atoms with van der Waals surface area (Å²) in [7, 11) is 0. The molecule has 1 saturated heterocycles. The summed E-state index contributed by atoms with van der Waals surface area (Å²) in [5.41, 5.74) is 8.33. The van der Waals surface area contributed by atoms with Gasteiger partial charge in [0.25, 0.3) is 0 Å². The third-order valence-corrected chi connectivity index (χ3v) is 10.2. The number of carbonyl (C=O) groups excluding carboxylic acids is 3. The molecule has 8 N–H and O–H groups in total. The molecule has 3 heterocycles. The van der Waals surface area contributed by atoms with E-state index < -0.39 is 42.1 Å². The summed E-state index contributed by atoms with van der Waals surface area (Å²) in [6.45, 7) is 0.992. The Morgan fingerprint density at radius 2 is 1.59 bits per heavy atom. The lowest BCUT2D eigenvalue weighted by Gasteiger charge is -2.34. The summed E-state index contributed by atoms with van der Waals surface area (Å²) in [6, 6.07) is 11.9. The minimum atomic E-state index is -1.23. The average Bonchev–Trinajstić information content (AvgIpc) is 3.67. The van der Waals surface area contributed by atoms with Crippen LogP contribution in [0.1, 0.15) is 74.7 Å². The molecule has 5 rings (SSSR count). The van der Waals surface area contributed by atoms with Gasteiger partial charge in [-0.15, -0.1) is 0 Å². The van der Waals surface area contributed by atoms with Crippen LogP contribution in [0, 0.1) is 5.92 Å². The number of nitrogens with zero attached hydrogens (tertiary/aromatic N) is 3. The minimum absolute atomic E-state index is 0.0432. The SMILES string of the molecule is NC1CCN(C(=O)N[C@@H](Cc2ccccc2)C(=O)N[C@@H](Cc2cnc[nH]2)C(=O)N[C@@H](CC2CCCCC2)[C@@H](O)[C@@H](O)CCc2ccccn2)CC1. The van der Waals surface area contributed by atoms with Crippen molar-refractivity contribution in [1.29, 1.82) is 0 Å². The molecule has 4 amide bonds. The van der Waals surface area contributed by atoms with E-state index in [1.807, 2.05) is 48.5 Å². The van der Waals surface area contributed by atoms with E-state index in [1.54, 1.807) is 17.3 Å². The van der Waals surface area contributed by atoms with Crippen molar-refractivity contribution in [2.75, 3.05) is 13.1 Å². The fourth-order valence-electron chi connectivity index (χ4n) is 7.13. The smallest absolute Gasteiger partial charge is 0.318 e. The van der Waals surface area contributed by atoms with Crippen molar-refractivity contribution < 1.29 is 24.6 Å². The summed E-state index contributed by atoms with van der Waals surface area (Å²) in [6.07, 6.45) is 10.7. The van der Waals surface area contributed by atoms with Gasteiger partial charge in [0.05, 0.1) is 18.5 Å². The molecule has 0 unspecified atom stereocenters. The topological polar surface area (TPSA) is 199 Å². The van der Waals surface area contributed by atoms with Gasteiger partial charge in [-0.1, -0.05) is 68.5 Å². The quantitative estimate of drug-likeness (QED) is 0.118. The molecule has 13 heteroatoms. The maximum atomic E-state index is 14.2. The number of amides is 4. The number of carbonyl (C=O) groups is 3. The van der Waals surface area contributed by atoms with Gasteiger partial charge in [0.15, 0.2) is 0 Å². The molecule has 51 heavy (non-hydrogen) atoms. The van der Waals surface area contributed by atoms with E-state index in [-0.39, 0.29) is 37.3 Å². The van der Waals surface area contributed by atoms with E-state index in [4.69, 9.17) is 5.73 Å². The van der Waals surface area contributed by atoms with Crippen molar-refractivity contribution in [2.45, 2.75) is 113 Å². The van der Waals surface area contributed by atoms with Crippen LogP contribution in [0.5, 0.6) is 0 Å². The number of rotatable bonds is 16. The number of piperidine rings is 1. The van der Waals surface area contributed by atoms with Crippen molar-refractivity contribution in [1.82, 2.24) is 35.8 Å². The van der Waals surface area contributed by atoms with Gasteiger partial charge in [0, 0.05) is 55.8 Å². The van der Waals surface area contributed by atoms with E-state index in [9.17, 15) is 24.6 Å². The molecule has 2 aromatic heterocycles. The van der Waals surface area contributed by atoms with Crippen molar-refractivity contribution in [3.8, 4) is 0 Å². The van der Waals surface area contributed by atoms with Crippen molar-refractivity contribution in [2.24, 2.45) is 11.7 Å². The summed E-state index contributed by atoms with van der Waals surface area (Å²) >= 11 is 0. The standard InChI is InChI=1S/C38H54N8O5/c39-28-16-19-46(20-17-28)38(51)45-32(22-27-11-5-2-6-12-27)36(49)44-33(23-30-24-40-25-42-30)37(50)43-31(21-26-9-3-1-4-10-26)35(48)34(47)15-14-29-13-7-8-18-41-29/h2,5-8,11-13,18,24-26,28,31-35,47-48H,1,3-4,9-10,14-17,19-23,39H2,(H,40,42)(H,43,50)(H,44,49)(H,45,51)/t31-,32-,33-,34-,35+/m0/s1. The number of urea groups is 1. The molecular weight excluding hydrogens is 648 g/mol. The lowest BCUT2D eigenvalue weighted by Crippen LogP contribution is -2.59. The number of aromatic nitrogens is 3. The Hall–Kier alpha value is -4.33. The fourth-order valence-corrected chi connectivity index (χ4v) is 7.13. The van der Waals surface area contributed by atoms with Crippen LogP contribution in [0.2, 0.25) is 0 Å². The van der Waals surface area contributed by atoms with Crippen LogP contribution in [0.15, 0.2) is 67.3 Å². The van der Waals surface area contributed by atoms with E-state index in [0.29, 0.717) is 44.5 Å². The Kier molecular flexibility index (Phi) is 14.4. The van der Waals surface area contributed by atoms with Gasteiger partial charge in [-0.05, 0) is 55.7 Å². The monoisotopic (exact) mass is 702 g/mol. The number of nitrogens with two attached hydrogens (primary N) is 1. The molecule has 276 valence electrons. The predicted octanol–water partition coefficient (Wildman–Crippen LogP) is 2.39. The van der Waals surface area contributed by atoms with Crippen LogP contribution in [0.25, 0.3) is 0 Å². The number of imidazole rings is 1. The van der Waals surface area contributed by atoms with Gasteiger partial charge in [-0.2, -0.15) is 0 Å². The first kappa shape index (κ1) is 37.9. The Balaban J connectivity index is 1.32. The molecule has 2 fully saturated rings. The molecule has 0 spiro atoms. The second kappa shape index (κ2) is 19.3. The van der Waals surface area contributed by atoms with Crippen LogP contribution in [0.4, 0.5) is 4.79 Å². The molecule has 3 aromatic rings. The van der Waals surface area contributed by atoms with Crippen LogP contribution < -0.4 is 21.7 Å². The van der Waals surface area contributed by atoms with Gasteiger partial charge in [0.1, 0.15) is 18.2 Å². The maximum absolute atomic E-state index is 14.2. The number of pyridine rings is 1. The van der Waals surface area contributed by atoms with Crippen LogP contribution in [-0.4, -0.2) is 97.4 Å². The highest BCUT2D eigenvalue weighted by Gasteiger charge is 2.34. The highest BCUT2D eigenvalue weighted by molar-refractivity contribution is 5.92. The second-order valence-electron chi connectivity index (χ2n) is 14.1. The third-order valence-electron chi connectivity index (χ3n) is 10.2. The van der Waals surface area contributed by atoms with Crippen LogP contribution in [-0.2, 0) is 28.9 Å². The number of aliphatic hydroxyl groups excluding tert-OH is 2. The number of benzene rings is 1. The lowest BCUT2D eigenvalue weighted by atomic mass is 9.82. The van der Waals surface area contributed by atoms with Gasteiger partial charge in [0.2, 0.25) is 11.8 Å². The zero-order valence-electron chi connectivity index (χ0n) is 29.3. The van der Waals surface area contributed by atoms with E-state index >= 15 is 0 Å². The van der Waals surface area contributed by atoms with Crippen molar-refractivity contribution in [3.63, 3.8) is 0 Å². The van der Waals surface area contributed by atoms with E-state index in [0.717, 1.165) is 43.4 Å². The highest BCUT2D eigenvalue weighted by atomic mass is 16.3. The normalized spacial score (nSPS) is 18.6. The number of hydrogen-bond donors (Lipinski definition) is 7. The lowest BCUT2D eigenvalue weighted by molar-refractivity contribution is -0.131. The molecule has 1 aromatic carbocycles. The van der Waals surface area contributed by atoms with Crippen molar-refractivity contribution >= 4 is 17.8 Å². The molecule has 0 radical (unpaired) electrons.